The van der Waals surface area contributed by atoms with Crippen LogP contribution < -0.4 is 5.32 Å². The average Bonchev–Trinajstić information content (AvgIpc) is 3.28. The van der Waals surface area contributed by atoms with Crippen molar-refractivity contribution in [2.24, 2.45) is 5.92 Å². The van der Waals surface area contributed by atoms with Gasteiger partial charge in [0.25, 0.3) is 5.91 Å². The Kier molecular flexibility index (Phi) is 4.16. The summed E-state index contributed by atoms with van der Waals surface area (Å²) in [5.74, 6) is 0.676. The molecule has 0 spiro atoms. The molecule has 0 atom stereocenters. The molecule has 0 aliphatic heterocycles. The lowest BCUT2D eigenvalue weighted by molar-refractivity contribution is 0.0952. The molecule has 28 heavy (non-hydrogen) atoms. The summed E-state index contributed by atoms with van der Waals surface area (Å²) in [7, 11) is 0. The summed E-state index contributed by atoms with van der Waals surface area (Å²) in [5.41, 5.74) is 4.36. The Balaban J connectivity index is 1.44. The number of aromatic nitrogens is 4. The number of hydrogen-bond donors (Lipinski definition) is 1. The number of hydrogen-bond acceptors (Lipinski definition) is 3. The average molecular weight is 371 g/mol. The van der Waals surface area contributed by atoms with Crippen molar-refractivity contribution < 1.29 is 4.79 Å². The van der Waals surface area contributed by atoms with Crippen molar-refractivity contribution >= 4 is 11.4 Å². The van der Waals surface area contributed by atoms with Gasteiger partial charge in [0.15, 0.2) is 0 Å². The highest BCUT2D eigenvalue weighted by Crippen LogP contribution is 2.31. The molecule has 5 rings (SSSR count). The maximum Gasteiger partial charge on any atom is 0.253 e. The van der Waals surface area contributed by atoms with Gasteiger partial charge in [0.2, 0.25) is 0 Å². The molecular weight excluding hydrogens is 350 g/mol. The highest BCUT2D eigenvalue weighted by atomic mass is 16.1. The Bertz CT molecular complexity index is 1120. The number of carbonyl (C=O) groups excluding carboxylic acids is 1. The second kappa shape index (κ2) is 6.96. The van der Waals surface area contributed by atoms with Crippen LogP contribution in [0.1, 0.15) is 28.8 Å². The smallest absolute Gasteiger partial charge is 0.253 e. The summed E-state index contributed by atoms with van der Waals surface area (Å²) >= 11 is 0. The van der Waals surface area contributed by atoms with Crippen LogP contribution in [-0.2, 0) is 13.1 Å². The maximum absolute atomic E-state index is 12.9. The first kappa shape index (κ1) is 16.7. The number of rotatable bonds is 6. The normalized spacial score (nSPS) is 13.7. The summed E-state index contributed by atoms with van der Waals surface area (Å²) in [4.78, 5) is 16.9. The van der Waals surface area contributed by atoms with Crippen molar-refractivity contribution in [3.8, 4) is 11.4 Å². The van der Waals surface area contributed by atoms with Gasteiger partial charge in [-0.05, 0) is 60.7 Å². The molecular formula is C22H21N5O. The fourth-order valence-electron chi connectivity index (χ4n) is 3.48. The Morgan fingerprint density at radius 3 is 2.79 bits per heavy atom. The third-order valence-corrected chi connectivity index (χ3v) is 5.17. The Hall–Kier alpha value is -3.41. The van der Waals surface area contributed by atoms with Crippen LogP contribution in [0, 0.1) is 5.92 Å². The molecule has 4 heterocycles. The number of amides is 1. The fraction of sp³-hybridized carbons (Fsp3) is 0.227. The zero-order chi connectivity index (χ0) is 18.9. The van der Waals surface area contributed by atoms with E-state index in [2.05, 4.69) is 10.3 Å². The molecule has 4 aromatic rings. The SMILES string of the molecule is O=C(NCc1ccncc1)c1cc(-c2ccn(CC3CC3)n2)n2ccccc12. The molecule has 1 amide bonds. The lowest BCUT2D eigenvalue weighted by Crippen LogP contribution is -2.22. The van der Waals surface area contributed by atoms with E-state index in [1.165, 1.54) is 12.8 Å². The van der Waals surface area contributed by atoms with E-state index in [1.807, 2.05) is 63.9 Å². The summed E-state index contributed by atoms with van der Waals surface area (Å²) in [5, 5.41) is 7.74. The summed E-state index contributed by atoms with van der Waals surface area (Å²) < 4.78 is 4.05. The zero-order valence-corrected chi connectivity index (χ0v) is 15.5. The minimum Gasteiger partial charge on any atom is -0.348 e. The molecule has 1 aliphatic carbocycles. The summed E-state index contributed by atoms with van der Waals surface area (Å²) in [6, 6.07) is 13.6. The molecule has 0 bridgehead atoms. The molecule has 1 fully saturated rings. The van der Waals surface area contributed by atoms with Gasteiger partial charge in [-0.3, -0.25) is 14.5 Å². The molecule has 0 unspecified atom stereocenters. The first-order valence-corrected chi connectivity index (χ1v) is 9.59. The van der Waals surface area contributed by atoms with Gasteiger partial charge in [-0.1, -0.05) is 6.07 Å². The molecule has 0 radical (unpaired) electrons. The monoisotopic (exact) mass is 371 g/mol. The van der Waals surface area contributed by atoms with Gasteiger partial charge in [0, 0.05) is 37.9 Å². The first-order valence-electron chi connectivity index (χ1n) is 9.59. The lowest BCUT2D eigenvalue weighted by atomic mass is 10.2. The van der Waals surface area contributed by atoms with Crippen LogP contribution >= 0.6 is 0 Å². The van der Waals surface area contributed by atoms with Gasteiger partial charge in [-0.25, -0.2) is 0 Å². The number of nitrogens with one attached hydrogen (secondary N) is 1. The van der Waals surface area contributed by atoms with E-state index < -0.39 is 0 Å². The molecule has 4 aromatic heterocycles. The predicted octanol–water partition coefficient (Wildman–Crippen LogP) is 3.54. The van der Waals surface area contributed by atoms with Crippen LogP contribution in [-0.4, -0.2) is 25.1 Å². The van der Waals surface area contributed by atoms with Gasteiger partial charge in [0.1, 0.15) is 5.69 Å². The van der Waals surface area contributed by atoms with E-state index in [9.17, 15) is 4.79 Å². The third-order valence-electron chi connectivity index (χ3n) is 5.17. The Morgan fingerprint density at radius 2 is 1.96 bits per heavy atom. The molecule has 6 nitrogen and oxygen atoms in total. The molecule has 6 heteroatoms. The van der Waals surface area contributed by atoms with Crippen molar-refractivity contribution in [3.05, 3.63) is 78.4 Å². The maximum atomic E-state index is 12.9. The number of pyridine rings is 2. The van der Waals surface area contributed by atoms with E-state index in [0.29, 0.717) is 12.1 Å². The Morgan fingerprint density at radius 1 is 1.11 bits per heavy atom. The van der Waals surface area contributed by atoms with Crippen molar-refractivity contribution in [2.45, 2.75) is 25.9 Å². The number of fused-ring (bicyclic) bond motifs is 1. The topological polar surface area (TPSA) is 64.2 Å². The standard InChI is InChI=1S/C22H21N5O/c28-22(24-14-16-6-9-23-10-7-16)18-13-21(27-11-2-1-3-20(18)27)19-8-12-26(25-19)15-17-4-5-17/h1-3,6-13,17H,4-5,14-15H2,(H,24,28). The van der Waals surface area contributed by atoms with Gasteiger partial charge in [0.05, 0.1) is 16.8 Å². The van der Waals surface area contributed by atoms with Crippen molar-refractivity contribution in [2.75, 3.05) is 0 Å². The molecule has 0 saturated heterocycles. The summed E-state index contributed by atoms with van der Waals surface area (Å²) in [6.07, 6.45) is 10.1. The molecule has 1 aliphatic rings. The highest BCUT2D eigenvalue weighted by Gasteiger charge is 2.23. The first-order chi connectivity index (χ1) is 13.8. The highest BCUT2D eigenvalue weighted by molar-refractivity contribution is 6.02. The van der Waals surface area contributed by atoms with Crippen LogP contribution in [0.4, 0.5) is 0 Å². The van der Waals surface area contributed by atoms with E-state index in [1.54, 1.807) is 12.4 Å². The molecule has 0 aromatic carbocycles. The molecule has 140 valence electrons. The molecule has 1 N–H and O–H groups in total. The number of nitrogens with zero attached hydrogens (tertiary/aromatic N) is 4. The van der Waals surface area contributed by atoms with Crippen LogP contribution in [0.5, 0.6) is 0 Å². The van der Waals surface area contributed by atoms with Crippen molar-refractivity contribution in [3.63, 3.8) is 0 Å². The minimum atomic E-state index is -0.0934. The van der Waals surface area contributed by atoms with E-state index in [4.69, 9.17) is 5.10 Å². The van der Waals surface area contributed by atoms with Crippen LogP contribution in [0.25, 0.3) is 16.9 Å². The van der Waals surface area contributed by atoms with E-state index >= 15 is 0 Å². The van der Waals surface area contributed by atoms with E-state index in [-0.39, 0.29) is 5.91 Å². The molecule has 1 saturated carbocycles. The minimum absolute atomic E-state index is 0.0934. The van der Waals surface area contributed by atoms with Crippen molar-refractivity contribution in [1.82, 2.24) is 24.5 Å². The van der Waals surface area contributed by atoms with Crippen LogP contribution in [0.2, 0.25) is 0 Å². The Labute approximate surface area is 162 Å². The van der Waals surface area contributed by atoms with Gasteiger partial charge in [-0.15, -0.1) is 0 Å². The second-order valence-corrected chi connectivity index (χ2v) is 7.30. The predicted molar refractivity (Wildman–Crippen MR) is 107 cm³/mol. The van der Waals surface area contributed by atoms with E-state index in [0.717, 1.165) is 34.9 Å². The third kappa shape index (κ3) is 3.29. The largest absolute Gasteiger partial charge is 0.348 e. The van der Waals surface area contributed by atoms with Crippen LogP contribution in [0.3, 0.4) is 0 Å². The summed E-state index contributed by atoms with van der Waals surface area (Å²) in [6.45, 7) is 1.44. The van der Waals surface area contributed by atoms with Crippen LogP contribution in [0.15, 0.2) is 67.3 Å². The number of carbonyl (C=O) groups is 1. The van der Waals surface area contributed by atoms with Gasteiger partial charge < -0.3 is 9.72 Å². The second-order valence-electron chi connectivity index (χ2n) is 7.30. The van der Waals surface area contributed by atoms with Crippen molar-refractivity contribution in [1.29, 1.82) is 0 Å². The zero-order valence-electron chi connectivity index (χ0n) is 15.5. The van der Waals surface area contributed by atoms with Gasteiger partial charge >= 0.3 is 0 Å². The fourth-order valence-corrected chi connectivity index (χ4v) is 3.48. The quantitative estimate of drug-likeness (QED) is 0.564. The lowest BCUT2D eigenvalue weighted by Gasteiger charge is -2.04. The van der Waals surface area contributed by atoms with Gasteiger partial charge in [-0.2, -0.15) is 5.10 Å².